The van der Waals surface area contributed by atoms with Crippen molar-refractivity contribution in [3.05, 3.63) is 59.9 Å². The number of nitrogens with one attached hydrogen (secondary N) is 1. The van der Waals surface area contributed by atoms with Gasteiger partial charge in [-0.25, -0.2) is 4.98 Å². The molecule has 2 aromatic carbocycles. The molecule has 1 atom stereocenters. The Morgan fingerprint density at radius 2 is 2.04 bits per heavy atom. The van der Waals surface area contributed by atoms with E-state index in [-0.39, 0.29) is 11.9 Å². The number of nitrogens with zero attached hydrogens (tertiary/aromatic N) is 2. The van der Waals surface area contributed by atoms with E-state index in [9.17, 15) is 4.79 Å². The van der Waals surface area contributed by atoms with Gasteiger partial charge in [-0.1, -0.05) is 30.3 Å². The van der Waals surface area contributed by atoms with Crippen molar-refractivity contribution < 1.29 is 9.53 Å². The highest BCUT2D eigenvalue weighted by atomic mass is 16.5. The molecule has 0 spiro atoms. The number of amides is 1. The van der Waals surface area contributed by atoms with E-state index >= 15 is 0 Å². The fourth-order valence-electron chi connectivity index (χ4n) is 3.77. The van der Waals surface area contributed by atoms with Crippen molar-refractivity contribution in [2.45, 2.75) is 31.7 Å². The van der Waals surface area contributed by atoms with Gasteiger partial charge in [0.2, 0.25) is 5.91 Å². The Balaban J connectivity index is 1.48. The summed E-state index contributed by atoms with van der Waals surface area (Å²) in [5, 5.41) is 0. The van der Waals surface area contributed by atoms with Crippen LogP contribution in [0, 0.1) is 0 Å². The summed E-state index contributed by atoms with van der Waals surface area (Å²) in [7, 11) is 1.67. The van der Waals surface area contributed by atoms with Crippen molar-refractivity contribution in [1.82, 2.24) is 14.9 Å². The molecule has 0 aliphatic carbocycles. The van der Waals surface area contributed by atoms with Gasteiger partial charge in [0, 0.05) is 13.0 Å². The normalized spacial score (nSPS) is 17.0. The first-order valence-corrected chi connectivity index (χ1v) is 9.12. The number of likely N-dealkylation sites (tertiary alicyclic amines) is 1. The predicted molar refractivity (Wildman–Crippen MR) is 101 cm³/mol. The van der Waals surface area contributed by atoms with Crippen molar-refractivity contribution in [2.75, 3.05) is 13.7 Å². The lowest BCUT2D eigenvalue weighted by Gasteiger charge is -2.23. The molecule has 1 fully saturated rings. The van der Waals surface area contributed by atoms with Crippen LogP contribution in [0.4, 0.5) is 0 Å². The number of aromatic nitrogens is 2. The van der Waals surface area contributed by atoms with Crippen LogP contribution in [0.15, 0.2) is 48.5 Å². The number of methoxy groups -OCH3 is 1. The average molecular weight is 349 g/mol. The van der Waals surface area contributed by atoms with Crippen molar-refractivity contribution in [3.8, 4) is 5.75 Å². The summed E-state index contributed by atoms with van der Waals surface area (Å²) in [5.74, 6) is 1.92. The number of carbonyl (C=O) groups excluding carboxylic acids is 1. The lowest BCUT2D eigenvalue weighted by atomic mass is 10.1. The average Bonchev–Trinajstić information content (AvgIpc) is 3.32. The van der Waals surface area contributed by atoms with Gasteiger partial charge in [0.15, 0.2) is 0 Å². The van der Waals surface area contributed by atoms with Gasteiger partial charge < -0.3 is 14.6 Å². The van der Waals surface area contributed by atoms with Gasteiger partial charge in [-0.15, -0.1) is 0 Å². The molecular weight excluding hydrogens is 326 g/mol. The van der Waals surface area contributed by atoms with Gasteiger partial charge in [0.25, 0.3) is 0 Å². The van der Waals surface area contributed by atoms with Crippen LogP contribution in [0.3, 0.4) is 0 Å². The largest absolute Gasteiger partial charge is 0.496 e. The summed E-state index contributed by atoms with van der Waals surface area (Å²) >= 11 is 0. The number of fused-ring (bicyclic) bond motifs is 1. The summed E-state index contributed by atoms with van der Waals surface area (Å²) in [6.07, 6.45) is 3.14. The quantitative estimate of drug-likeness (QED) is 0.761. The fourth-order valence-corrected chi connectivity index (χ4v) is 3.77. The minimum atomic E-state index is 0.0487. The highest BCUT2D eigenvalue weighted by Crippen LogP contribution is 2.32. The van der Waals surface area contributed by atoms with Gasteiger partial charge in [0.1, 0.15) is 11.6 Å². The first kappa shape index (κ1) is 16.6. The second-order valence-electron chi connectivity index (χ2n) is 6.70. The molecule has 4 rings (SSSR count). The minimum absolute atomic E-state index is 0.0487. The molecule has 1 aromatic heterocycles. The Morgan fingerprint density at radius 1 is 1.23 bits per heavy atom. The fraction of sp³-hybridized carbons (Fsp3) is 0.333. The number of hydrogen-bond acceptors (Lipinski definition) is 3. The van der Waals surface area contributed by atoms with Crippen LogP contribution < -0.4 is 4.74 Å². The molecule has 0 bridgehead atoms. The zero-order valence-corrected chi connectivity index (χ0v) is 14.9. The Hall–Kier alpha value is -2.82. The molecule has 26 heavy (non-hydrogen) atoms. The Labute approximate surface area is 153 Å². The number of imidazole rings is 1. The molecule has 1 saturated heterocycles. The van der Waals surface area contributed by atoms with Gasteiger partial charge in [-0.3, -0.25) is 4.79 Å². The Kier molecular flexibility index (Phi) is 4.61. The lowest BCUT2D eigenvalue weighted by molar-refractivity contribution is -0.132. The maximum atomic E-state index is 12.9. The third-order valence-electron chi connectivity index (χ3n) is 5.10. The van der Waals surface area contributed by atoms with Crippen LogP contribution in [0.2, 0.25) is 0 Å². The van der Waals surface area contributed by atoms with Crippen molar-refractivity contribution in [3.63, 3.8) is 0 Å². The summed E-state index contributed by atoms with van der Waals surface area (Å²) in [4.78, 5) is 22.9. The van der Waals surface area contributed by atoms with Gasteiger partial charge >= 0.3 is 0 Å². The summed E-state index contributed by atoms with van der Waals surface area (Å²) < 4.78 is 5.39. The van der Waals surface area contributed by atoms with Gasteiger partial charge in [0.05, 0.1) is 24.2 Å². The van der Waals surface area contributed by atoms with E-state index in [1.165, 1.54) is 0 Å². The van der Waals surface area contributed by atoms with E-state index in [1.807, 2.05) is 53.4 Å². The first-order valence-electron chi connectivity index (χ1n) is 9.12. The van der Waals surface area contributed by atoms with Gasteiger partial charge in [-0.2, -0.15) is 0 Å². The molecule has 1 aliphatic heterocycles. The molecule has 5 nitrogen and oxygen atoms in total. The lowest BCUT2D eigenvalue weighted by Crippen LogP contribution is -2.31. The molecule has 1 N–H and O–H groups in total. The maximum absolute atomic E-state index is 12.9. The molecule has 1 amide bonds. The Morgan fingerprint density at radius 3 is 2.88 bits per heavy atom. The van der Waals surface area contributed by atoms with E-state index in [0.29, 0.717) is 12.8 Å². The summed E-state index contributed by atoms with van der Waals surface area (Å²) in [6, 6.07) is 15.9. The molecule has 2 heterocycles. The number of carbonyl (C=O) groups is 1. The minimum Gasteiger partial charge on any atom is -0.496 e. The predicted octanol–water partition coefficient (Wildman–Crippen LogP) is 3.87. The standard InChI is InChI=1S/C21H23N3O2/c1-26-19-11-5-2-7-15(19)12-13-20(25)24-14-6-10-18(24)21-22-16-8-3-4-9-17(16)23-21/h2-5,7-9,11,18H,6,10,12-14H2,1H3,(H,22,23)/t18-/m1/s1. The van der Waals surface area contributed by atoms with Gasteiger partial charge in [-0.05, 0) is 43.0 Å². The second-order valence-corrected chi connectivity index (χ2v) is 6.70. The number of H-pyrrole nitrogens is 1. The molecule has 5 heteroatoms. The van der Waals surface area contributed by atoms with E-state index < -0.39 is 0 Å². The number of rotatable bonds is 5. The number of benzene rings is 2. The van der Waals surface area contributed by atoms with Crippen molar-refractivity contribution in [2.24, 2.45) is 0 Å². The molecule has 0 saturated carbocycles. The number of para-hydroxylation sites is 3. The first-order chi connectivity index (χ1) is 12.8. The third-order valence-corrected chi connectivity index (χ3v) is 5.10. The van der Waals surface area contributed by atoms with Crippen molar-refractivity contribution in [1.29, 1.82) is 0 Å². The molecule has 0 unspecified atom stereocenters. The van der Waals surface area contributed by atoms with E-state index in [4.69, 9.17) is 9.72 Å². The highest BCUT2D eigenvalue weighted by molar-refractivity contribution is 5.78. The van der Waals surface area contributed by atoms with E-state index in [1.54, 1.807) is 7.11 Å². The van der Waals surface area contributed by atoms with E-state index in [0.717, 1.165) is 47.6 Å². The maximum Gasteiger partial charge on any atom is 0.223 e. The smallest absolute Gasteiger partial charge is 0.223 e. The number of hydrogen-bond donors (Lipinski definition) is 1. The van der Waals surface area contributed by atoms with E-state index in [2.05, 4.69) is 4.98 Å². The molecule has 0 radical (unpaired) electrons. The van der Waals surface area contributed by atoms with Crippen LogP contribution in [0.5, 0.6) is 5.75 Å². The van der Waals surface area contributed by atoms with Crippen LogP contribution >= 0.6 is 0 Å². The van der Waals surface area contributed by atoms with Crippen LogP contribution in [0.25, 0.3) is 11.0 Å². The second kappa shape index (κ2) is 7.20. The molecule has 134 valence electrons. The SMILES string of the molecule is COc1ccccc1CCC(=O)N1CCC[C@@H]1c1nc2ccccc2[nH]1. The molecule has 1 aliphatic rings. The number of aromatic amines is 1. The summed E-state index contributed by atoms with van der Waals surface area (Å²) in [6.45, 7) is 0.798. The van der Waals surface area contributed by atoms with Crippen LogP contribution in [-0.4, -0.2) is 34.4 Å². The highest BCUT2D eigenvalue weighted by Gasteiger charge is 2.31. The zero-order chi connectivity index (χ0) is 17.9. The molecule has 3 aromatic rings. The topological polar surface area (TPSA) is 58.2 Å². The number of aryl methyl sites for hydroxylation is 1. The van der Waals surface area contributed by atoms with Crippen LogP contribution in [-0.2, 0) is 11.2 Å². The monoisotopic (exact) mass is 349 g/mol. The Bertz CT molecular complexity index is 885. The number of ether oxygens (including phenoxy) is 1. The zero-order valence-electron chi connectivity index (χ0n) is 14.9. The summed E-state index contributed by atoms with van der Waals surface area (Å²) in [5.41, 5.74) is 3.05. The third kappa shape index (κ3) is 3.17. The van der Waals surface area contributed by atoms with Crippen LogP contribution in [0.1, 0.15) is 36.7 Å². The van der Waals surface area contributed by atoms with Crippen molar-refractivity contribution >= 4 is 16.9 Å². The molecular formula is C21H23N3O2.